The summed E-state index contributed by atoms with van der Waals surface area (Å²) in [6, 6.07) is 1.24. The average molecular weight is 307 g/mol. The van der Waals surface area contributed by atoms with E-state index in [2.05, 4.69) is 5.10 Å². The number of carbonyl (C=O) groups excluding carboxylic acids is 1. The lowest BCUT2D eigenvalue weighted by atomic mass is 10.4. The lowest BCUT2D eigenvalue weighted by Gasteiger charge is -2.17. The smallest absolute Gasteiger partial charge is 0.372 e. The molecule has 0 radical (unpaired) electrons. The molecule has 0 aliphatic heterocycles. The van der Waals surface area contributed by atoms with Gasteiger partial charge < -0.3 is 16.0 Å². The topological polar surface area (TPSA) is 93.2 Å². The standard InChI is InChI=1S/C11H16F3N5O2/c1-18(3-2-15)8-4-10(21)19(17-5-8)6-9(20)16-7-11(12,13)14/h4-5H,2-3,6-7,15H2,1H3,(H,16,20). The molecule has 1 amide bonds. The third-order valence-corrected chi connectivity index (χ3v) is 2.54. The van der Waals surface area contributed by atoms with Crippen LogP contribution < -0.4 is 21.5 Å². The van der Waals surface area contributed by atoms with Gasteiger partial charge in [-0.15, -0.1) is 0 Å². The van der Waals surface area contributed by atoms with Crippen LogP contribution in [0.2, 0.25) is 0 Å². The van der Waals surface area contributed by atoms with Crippen LogP contribution in [0, 0.1) is 0 Å². The summed E-state index contributed by atoms with van der Waals surface area (Å²) in [4.78, 5) is 24.7. The second-order valence-corrected chi connectivity index (χ2v) is 4.31. The van der Waals surface area contributed by atoms with E-state index in [1.54, 1.807) is 17.3 Å². The zero-order valence-electron chi connectivity index (χ0n) is 11.4. The van der Waals surface area contributed by atoms with Crippen LogP contribution in [-0.4, -0.2) is 48.5 Å². The Bertz CT molecular complexity index is 543. The molecule has 1 aromatic heterocycles. The third-order valence-electron chi connectivity index (χ3n) is 2.54. The van der Waals surface area contributed by atoms with Crippen LogP contribution in [0.15, 0.2) is 17.1 Å². The highest BCUT2D eigenvalue weighted by Crippen LogP contribution is 2.12. The van der Waals surface area contributed by atoms with E-state index in [0.717, 1.165) is 4.68 Å². The second kappa shape index (κ2) is 7.07. The van der Waals surface area contributed by atoms with Gasteiger partial charge in [0.05, 0.1) is 11.9 Å². The van der Waals surface area contributed by atoms with E-state index in [4.69, 9.17) is 5.73 Å². The van der Waals surface area contributed by atoms with Crippen molar-refractivity contribution in [2.45, 2.75) is 12.7 Å². The quantitative estimate of drug-likeness (QED) is 0.726. The van der Waals surface area contributed by atoms with Crippen molar-refractivity contribution in [1.82, 2.24) is 15.1 Å². The van der Waals surface area contributed by atoms with Gasteiger partial charge in [-0.25, -0.2) is 4.68 Å². The number of amides is 1. The number of likely N-dealkylation sites (N-methyl/N-ethyl adjacent to an activating group) is 1. The van der Waals surface area contributed by atoms with Gasteiger partial charge in [-0.05, 0) is 0 Å². The Balaban J connectivity index is 2.69. The third kappa shape index (κ3) is 5.81. The fourth-order valence-electron chi connectivity index (χ4n) is 1.47. The van der Waals surface area contributed by atoms with E-state index >= 15 is 0 Å². The van der Waals surface area contributed by atoms with E-state index < -0.39 is 30.7 Å². The van der Waals surface area contributed by atoms with Gasteiger partial charge in [-0.1, -0.05) is 0 Å². The number of halogens is 3. The predicted molar refractivity (Wildman–Crippen MR) is 69.9 cm³/mol. The van der Waals surface area contributed by atoms with E-state index in [-0.39, 0.29) is 0 Å². The Kier molecular flexibility index (Phi) is 5.70. The van der Waals surface area contributed by atoms with Crippen LogP contribution >= 0.6 is 0 Å². The van der Waals surface area contributed by atoms with Crippen molar-refractivity contribution in [1.29, 1.82) is 0 Å². The van der Waals surface area contributed by atoms with E-state index in [9.17, 15) is 22.8 Å². The second-order valence-electron chi connectivity index (χ2n) is 4.31. The zero-order chi connectivity index (χ0) is 16.0. The molecule has 3 N–H and O–H groups in total. The summed E-state index contributed by atoms with van der Waals surface area (Å²) in [6.07, 6.45) is -3.16. The van der Waals surface area contributed by atoms with Crippen LogP contribution in [0.25, 0.3) is 0 Å². The average Bonchev–Trinajstić information content (AvgIpc) is 2.38. The van der Waals surface area contributed by atoms with Crippen LogP contribution in [0.4, 0.5) is 18.9 Å². The Hall–Kier alpha value is -2.10. The van der Waals surface area contributed by atoms with Crippen LogP contribution in [-0.2, 0) is 11.3 Å². The van der Waals surface area contributed by atoms with Crippen molar-refractivity contribution < 1.29 is 18.0 Å². The molecule has 0 unspecified atom stereocenters. The normalized spacial score (nSPS) is 11.3. The number of hydrogen-bond donors (Lipinski definition) is 2. The van der Waals surface area contributed by atoms with Gasteiger partial charge in [-0.2, -0.15) is 18.3 Å². The molecule has 0 bridgehead atoms. The summed E-state index contributed by atoms with van der Waals surface area (Å²) in [7, 11) is 1.71. The Morgan fingerprint density at radius 2 is 2.19 bits per heavy atom. The van der Waals surface area contributed by atoms with Crippen molar-refractivity contribution in [3.63, 3.8) is 0 Å². The van der Waals surface area contributed by atoms with Crippen molar-refractivity contribution in [2.24, 2.45) is 5.73 Å². The minimum Gasteiger partial charge on any atom is -0.372 e. The van der Waals surface area contributed by atoms with Gasteiger partial charge in [0, 0.05) is 26.2 Å². The van der Waals surface area contributed by atoms with Gasteiger partial charge in [-0.3, -0.25) is 9.59 Å². The molecule has 0 saturated carbocycles. The lowest BCUT2D eigenvalue weighted by molar-refractivity contribution is -0.138. The molecule has 118 valence electrons. The maximum atomic E-state index is 11.9. The molecular formula is C11H16F3N5O2. The minimum atomic E-state index is -4.50. The van der Waals surface area contributed by atoms with Gasteiger partial charge >= 0.3 is 6.18 Å². The van der Waals surface area contributed by atoms with Crippen LogP contribution in [0.5, 0.6) is 0 Å². The summed E-state index contributed by atoms with van der Waals surface area (Å²) in [5, 5.41) is 5.41. The van der Waals surface area contributed by atoms with E-state index in [1.807, 2.05) is 0 Å². The maximum absolute atomic E-state index is 11.9. The summed E-state index contributed by atoms with van der Waals surface area (Å²) >= 11 is 0. The predicted octanol–water partition coefficient (Wildman–Crippen LogP) is -0.683. The van der Waals surface area contributed by atoms with Crippen LogP contribution in [0.1, 0.15) is 0 Å². The fourth-order valence-corrected chi connectivity index (χ4v) is 1.47. The number of nitrogens with two attached hydrogens (primary N) is 1. The number of nitrogens with one attached hydrogen (secondary N) is 1. The Labute approximate surface area is 118 Å². The highest BCUT2D eigenvalue weighted by molar-refractivity contribution is 5.75. The molecule has 1 aromatic rings. The van der Waals surface area contributed by atoms with Crippen molar-refractivity contribution in [3.8, 4) is 0 Å². The first-order chi connectivity index (χ1) is 9.73. The first-order valence-corrected chi connectivity index (χ1v) is 6.05. The zero-order valence-corrected chi connectivity index (χ0v) is 11.4. The summed E-state index contributed by atoms with van der Waals surface area (Å²) in [5.74, 6) is -0.940. The monoisotopic (exact) mass is 307 g/mol. The molecule has 0 spiro atoms. The summed E-state index contributed by atoms with van der Waals surface area (Å²) in [5.41, 5.74) is 5.31. The van der Waals surface area contributed by atoms with Gasteiger partial charge in [0.1, 0.15) is 13.1 Å². The molecule has 0 aliphatic rings. The van der Waals surface area contributed by atoms with E-state index in [1.165, 1.54) is 12.3 Å². The molecule has 10 heteroatoms. The maximum Gasteiger partial charge on any atom is 0.405 e. The van der Waals surface area contributed by atoms with Crippen molar-refractivity contribution in [3.05, 3.63) is 22.6 Å². The fraction of sp³-hybridized carbons (Fsp3) is 0.545. The van der Waals surface area contributed by atoms with Gasteiger partial charge in [0.15, 0.2) is 0 Å². The first kappa shape index (κ1) is 17.0. The molecule has 1 rings (SSSR count). The largest absolute Gasteiger partial charge is 0.405 e. The highest BCUT2D eigenvalue weighted by atomic mass is 19.4. The van der Waals surface area contributed by atoms with Crippen LogP contribution in [0.3, 0.4) is 0 Å². The summed E-state index contributed by atoms with van der Waals surface area (Å²) < 4.78 is 36.6. The molecule has 7 nitrogen and oxygen atoms in total. The van der Waals surface area contributed by atoms with Crippen molar-refractivity contribution in [2.75, 3.05) is 31.6 Å². The first-order valence-electron chi connectivity index (χ1n) is 6.05. The number of anilines is 1. The van der Waals surface area contributed by atoms with Gasteiger partial charge in [0.2, 0.25) is 5.91 Å². The SMILES string of the molecule is CN(CCN)c1cnn(CC(=O)NCC(F)(F)F)c(=O)c1. The Morgan fingerprint density at radius 3 is 2.71 bits per heavy atom. The highest BCUT2D eigenvalue weighted by Gasteiger charge is 2.27. The molecule has 1 heterocycles. The molecule has 0 aliphatic carbocycles. The molecule has 21 heavy (non-hydrogen) atoms. The summed E-state index contributed by atoms with van der Waals surface area (Å²) in [6.45, 7) is -1.12. The number of aromatic nitrogens is 2. The van der Waals surface area contributed by atoms with Crippen molar-refractivity contribution >= 4 is 11.6 Å². The molecular weight excluding hydrogens is 291 g/mol. The number of alkyl halides is 3. The molecule has 0 saturated heterocycles. The lowest BCUT2D eigenvalue weighted by Crippen LogP contribution is -2.38. The molecule has 0 aromatic carbocycles. The minimum absolute atomic E-state index is 0.388. The number of rotatable bonds is 6. The van der Waals surface area contributed by atoms with Gasteiger partial charge in [0.25, 0.3) is 5.56 Å². The number of nitrogens with zero attached hydrogens (tertiary/aromatic N) is 3. The molecule has 0 atom stereocenters. The molecule has 0 fully saturated rings. The number of carbonyl (C=O) groups is 1. The Morgan fingerprint density at radius 1 is 1.52 bits per heavy atom. The van der Waals surface area contributed by atoms with E-state index in [0.29, 0.717) is 18.8 Å². The number of hydrogen-bond acceptors (Lipinski definition) is 5.